The van der Waals surface area contributed by atoms with Crippen molar-refractivity contribution in [3.05, 3.63) is 29.6 Å². The monoisotopic (exact) mass is 271 g/mol. The van der Waals surface area contributed by atoms with Crippen molar-refractivity contribution >= 4 is 0 Å². The second-order valence-corrected chi connectivity index (χ2v) is 7.05. The minimum atomic E-state index is 0.424. The van der Waals surface area contributed by atoms with Crippen molar-refractivity contribution < 1.29 is 0 Å². The summed E-state index contributed by atoms with van der Waals surface area (Å²) in [5.41, 5.74) is 5.59. The first-order valence-electron chi connectivity index (χ1n) is 8.21. The van der Waals surface area contributed by atoms with Crippen molar-refractivity contribution in [1.29, 1.82) is 0 Å². The van der Waals surface area contributed by atoms with Crippen LogP contribution in [0.3, 0.4) is 0 Å². The van der Waals surface area contributed by atoms with Crippen LogP contribution in [-0.2, 0) is 12.8 Å². The Morgan fingerprint density at radius 3 is 2.60 bits per heavy atom. The molecule has 4 rings (SSSR count). The normalized spacial score (nSPS) is 38.8. The van der Waals surface area contributed by atoms with Gasteiger partial charge in [-0.15, -0.1) is 0 Å². The van der Waals surface area contributed by atoms with E-state index in [0.29, 0.717) is 6.04 Å². The number of aryl methyl sites for hydroxylation is 1. The Bertz CT molecular complexity index is 468. The number of rotatable bonds is 5. The fourth-order valence-electron chi connectivity index (χ4n) is 5.25. The minimum absolute atomic E-state index is 0.424. The SMILES string of the molecule is CCc1ccc(CC(NN)C2C3C4CCC(C4)C32)nc1. The molecule has 0 spiro atoms. The summed E-state index contributed by atoms with van der Waals surface area (Å²) in [6.45, 7) is 2.17. The lowest BCUT2D eigenvalue weighted by Gasteiger charge is -2.19. The Hall–Kier alpha value is -0.930. The predicted octanol–water partition coefficient (Wildman–Crippen LogP) is 2.31. The summed E-state index contributed by atoms with van der Waals surface area (Å²) in [6, 6.07) is 4.80. The smallest absolute Gasteiger partial charge is 0.0419 e. The maximum atomic E-state index is 5.85. The van der Waals surface area contributed by atoms with E-state index < -0.39 is 0 Å². The molecule has 5 unspecified atom stereocenters. The summed E-state index contributed by atoms with van der Waals surface area (Å²) in [7, 11) is 0. The zero-order chi connectivity index (χ0) is 13.7. The zero-order valence-corrected chi connectivity index (χ0v) is 12.3. The van der Waals surface area contributed by atoms with Gasteiger partial charge in [0.05, 0.1) is 0 Å². The van der Waals surface area contributed by atoms with E-state index in [4.69, 9.17) is 5.84 Å². The van der Waals surface area contributed by atoms with Gasteiger partial charge in [-0.05, 0) is 66.9 Å². The topological polar surface area (TPSA) is 50.9 Å². The highest BCUT2D eigenvalue weighted by molar-refractivity contribution is 5.19. The van der Waals surface area contributed by atoms with Crippen LogP contribution < -0.4 is 11.3 Å². The van der Waals surface area contributed by atoms with Crippen molar-refractivity contribution in [1.82, 2.24) is 10.4 Å². The van der Waals surface area contributed by atoms with Crippen LogP contribution in [0.2, 0.25) is 0 Å². The summed E-state index contributed by atoms with van der Waals surface area (Å²) in [5.74, 6) is 10.7. The lowest BCUT2D eigenvalue weighted by molar-refractivity contribution is 0.363. The van der Waals surface area contributed by atoms with Crippen LogP contribution in [0.1, 0.15) is 37.4 Å². The average molecular weight is 271 g/mol. The van der Waals surface area contributed by atoms with Crippen molar-refractivity contribution in [3.63, 3.8) is 0 Å². The van der Waals surface area contributed by atoms with Crippen LogP contribution in [0.4, 0.5) is 0 Å². The molecule has 0 radical (unpaired) electrons. The number of pyridine rings is 1. The van der Waals surface area contributed by atoms with E-state index in [1.807, 2.05) is 6.20 Å². The van der Waals surface area contributed by atoms with Crippen molar-refractivity contribution in [2.45, 2.75) is 45.1 Å². The van der Waals surface area contributed by atoms with Gasteiger partial charge in [0, 0.05) is 24.4 Å². The Morgan fingerprint density at radius 2 is 2.05 bits per heavy atom. The van der Waals surface area contributed by atoms with Gasteiger partial charge in [0.1, 0.15) is 0 Å². The van der Waals surface area contributed by atoms with Crippen molar-refractivity contribution in [2.24, 2.45) is 35.4 Å². The third-order valence-corrected chi connectivity index (χ3v) is 6.20. The van der Waals surface area contributed by atoms with E-state index in [9.17, 15) is 0 Å². The molecule has 1 aromatic rings. The molecule has 0 aromatic carbocycles. The summed E-state index contributed by atoms with van der Waals surface area (Å²) < 4.78 is 0. The second-order valence-electron chi connectivity index (χ2n) is 7.05. The number of fused-ring (bicyclic) bond motifs is 5. The molecule has 0 amide bonds. The van der Waals surface area contributed by atoms with Crippen molar-refractivity contribution in [2.75, 3.05) is 0 Å². The van der Waals surface area contributed by atoms with Crippen LogP contribution in [0.15, 0.2) is 18.3 Å². The Balaban J connectivity index is 1.44. The van der Waals surface area contributed by atoms with E-state index in [-0.39, 0.29) is 0 Å². The molecule has 3 heteroatoms. The molecule has 0 aliphatic heterocycles. The molecule has 20 heavy (non-hydrogen) atoms. The predicted molar refractivity (Wildman–Crippen MR) is 79.7 cm³/mol. The number of hydrogen-bond donors (Lipinski definition) is 2. The first-order valence-corrected chi connectivity index (χ1v) is 8.21. The van der Waals surface area contributed by atoms with Gasteiger partial charge in [-0.2, -0.15) is 0 Å². The van der Waals surface area contributed by atoms with Crippen LogP contribution in [0.25, 0.3) is 0 Å². The molecular weight excluding hydrogens is 246 g/mol. The number of hydrazine groups is 1. The number of nitrogens with two attached hydrogens (primary N) is 1. The number of nitrogens with zero attached hydrogens (tertiary/aromatic N) is 1. The third kappa shape index (κ3) is 1.91. The Kier molecular flexibility index (Phi) is 3.08. The Labute approximate surface area is 121 Å². The van der Waals surface area contributed by atoms with E-state index in [0.717, 1.165) is 42.4 Å². The first kappa shape index (κ1) is 12.8. The van der Waals surface area contributed by atoms with Crippen molar-refractivity contribution in [3.8, 4) is 0 Å². The van der Waals surface area contributed by atoms with Gasteiger partial charge in [-0.3, -0.25) is 16.3 Å². The molecule has 1 heterocycles. The van der Waals surface area contributed by atoms with Gasteiger partial charge in [0.15, 0.2) is 0 Å². The van der Waals surface area contributed by atoms with Gasteiger partial charge < -0.3 is 0 Å². The van der Waals surface area contributed by atoms with Gasteiger partial charge in [-0.1, -0.05) is 13.0 Å². The average Bonchev–Trinajstić information content (AvgIpc) is 2.91. The lowest BCUT2D eigenvalue weighted by atomic mass is 9.95. The second kappa shape index (κ2) is 4.81. The molecule has 1 aromatic heterocycles. The summed E-state index contributed by atoms with van der Waals surface area (Å²) in [6.07, 6.45) is 8.51. The van der Waals surface area contributed by atoms with Gasteiger partial charge >= 0.3 is 0 Å². The fraction of sp³-hybridized carbons (Fsp3) is 0.706. The van der Waals surface area contributed by atoms with Gasteiger partial charge in [0.25, 0.3) is 0 Å². The van der Waals surface area contributed by atoms with E-state index in [1.165, 1.54) is 30.5 Å². The molecule has 3 saturated carbocycles. The standard InChI is InChI=1S/C17H25N3/c1-2-10-3-6-13(19-9-10)8-14(20-18)17-15-11-4-5-12(7-11)16(15)17/h3,6,9,11-12,14-17,20H,2,4-5,7-8,18H2,1H3. The lowest BCUT2D eigenvalue weighted by Crippen LogP contribution is -2.40. The highest BCUT2D eigenvalue weighted by atomic mass is 15.2. The molecule has 5 atom stereocenters. The number of hydrogen-bond acceptors (Lipinski definition) is 3. The van der Waals surface area contributed by atoms with Crippen LogP contribution in [-0.4, -0.2) is 11.0 Å². The maximum Gasteiger partial charge on any atom is 0.0419 e. The highest BCUT2D eigenvalue weighted by Crippen LogP contribution is 2.70. The quantitative estimate of drug-likeness (QED) is 0.638. The largest absolute Gasteiger partial charge is 0.271 e. The van der Waals surface area contributed by atoms with Gasteiger partial charge in [0.2, 0.25) is 0 Å². The molecular formula is C17H25N3. The van der Waals surface area contributed by atoms with Crippen LogP contribution >= 0.6 is 0 Å². The fourth-order valence-corrected chi connectivity index (χ4v) is 5.25. The molecule has 3 aliphatic rings. The molecule has 3 aliphatic carbocycles. The molecule has 2 bridgehead atoms. The molecule has 3 N–H and O–H groups in total. The summed E-state index contributed by atoms with van der Waals surface area (Å²) in [4.78, 5) is 4.60. The zero-order valence-electron chi connectivity index (χ0n) is 12.3. The van der Waals surface area contributed by atoms with E-state index in [1.54, 1.807) is 0 Å². The van der Waals surface area contributed by atoms with Crippen LogP contribution in [0.5, 0.6) is 0 Å². The molecule has 3 fully saturated rings. The molecule has 0 saturated heterocycles. The third-order valence-electron chi connectivity index (χ3n) is 6.20. The van der Waals surface area contributed by atoms with E-state index in [2.05, 4.69) is 29.5 Å². The maximum absolute atomic E-state index is 5.85. The minimum Gasteiger partial charge on any atom is -0.271 e. The highest BCUT2D eigenvalue weighted by Gasteiger charge is 2.66. The van der Waals surface area contributed by atoms with Crippen LogP contribution in [0, 0.1) is 29.6 Å². The number of nitrogens with one attached hydrogen (secondary N) is 1. The number of aromatic nitrogens is 1. The Morgan fingerprint density at radius 1 is 1.30 bits per heavy atom. The molecule has 108 valence electrons. The first-order chi connectivity index (χ1) is 9.81. The van der Waals surface area contributed by atoms with E-state index >= 15 is 0 Å². The summed E-state index contributed by atoms with van der Waals surface area (Å²) in [5, 5.41) is 0. The summed E-state index contributed by atoms with van der Waals surface area (Å²) >= 11 is 0. The van der Waals surface area contributed by atoms with Gasteiger partial charge in [-0.25, -0.2) is 0 Å². The molecule has 3 nitrogen and oxygen atoms in total.